The van der Waals surface area contributed by atoms with Gasteiger partial charge in [0.1, 0.15) is 0 Å². The molecule has 116 valence electrons. The number of anilines is 1. The van der Waals surface area contributed by atoms with Gasteiger partial charge in [0.15, 0.2) is 5.82 Å². The first kappa shape index (κ1) is 16.3. The molecule has 1 aromatic heterocycles. The molecule has 0 fully saturated rings. The lowest BCUT2D eigenvalue weighted by molar-refractivity contribution is -0.122. The summed E-state index contributed by atoms with van der Waals surface area (Å²) in [4.78, 5) is 22.4. The van der Waals surface area contributed by atoms with Crippen LogP contribution in [0.4, 0.5) is 5.82 Å². The van der Waals surface area contributed by atoms with Gasteiger partial charge in [0.2, 0.25) is 11.8 Å². The summed E-state index contributed by atoms with van der Waals surface area (Å²) in [7, 11) is 0. The van der Waals surface area contributed by atoms with Crippen LogP contribution in [0.15, 0.2) is 24.3 Å². The molecule has 0 aliphatic carbocycles. The van der Waals surface area contributed by atoms with E-state index in [9.17, 15) is 9.59 Å². The maximum Gasteiger partial charge on any atom is 0.244 e. The second-order valence-corrected chi connectivity index (χ2v) is 5.45. The Morgan fingerprint density at radius 2 is 1.95 bits per heavy atom. The number of nitrogens with zero attached hydrogens (tertiary/aromatic N) is 2. The highest BCUT2D eigenvalue weighted by atomic mass is 35.5. The van der Waals surface area contributed by atoms with Gasteiger partial charge in [-0.25, -0.2) is 4.68 Å². The predicted molar refractivity (Wildman–Crippen MR) is 85.6 cm³/mol. The highest BCUT2D eigenvalue weighted by Gasteiger charge is 2.10. The fraction of sp³-hybridized carbons (Fsp3) is 0.214. The summed E-state index contributed by atoms with van der Waals surface area (Å²) >= 11 is 11.9. The second-order valence-electron chi connectivity index (χ2n) is 4.64. The third-order valence-electron chi connectivity index (χ3n) is 2.80. The van der Waals surface area contributed by atoms with Crippen LogP contribution in [0.25, 0.3) is 5.69 Å². The van der Waals surface area contributed by atoms with Crippen molar-refractivity contribution in [1.29, 1.82) is 0 Å². The Balaban J connectivity index is 2.15. The number of aryl methyl sites for hydroxylation is 1. The Morgan fingerprint density at radius 1 is 1.23 bits per heavy atom. The first-order valence-corrected chi connectivity index (χ1v) is 7.19. The van der Waals surface area contributed by atoms with Gasteiger partial charge in [0.05, 0.1) is 22.3 Å². The number of benzene rings is 1. The highest BCUT2D eigenvalue weighted by Crippen LogP contribution is 2.25. The number of hydrogen-bond acceptors (Lipinski definition) is 3. The molecule has 2 aromatic rings. The van der Waals surface area contributed by atoms with E-state index in [1.54, 1.807) is 28.9 Å². The summed E-state index contributed by atoms with van der Waals surface area (Å²) in [6, 6.07) is 6.85. The SMILES string of the molecule is CC(=O)NCC(=O)Nc1cc(C)n(-c2ccc(Cl)c(Cl)c2)n1. The predicted octanol–water partition coefficient (Wildman–Crippen LogP) is 2.56. The molecule has 0 aliphatic heterocycles. The lowest BCUT2D eigenvalue weighted by Gasteiger charge is -2.05. The lowest BCUT2D eigenvalue weighted by Crippen LogP contribution is -2.31. The largest absolute Gasteiger partial charge is 0.347 e. The molecule has 8 heteroatoms. The van der Waals surface area contributed by atoms with E-state index in [1.165, 1.54) is 6.92 Å². The standard InChI is InChI=1S/C14H14Cl2N4O2/c1-8-5-13(18-14(22)7-17-9(2)21)19-20(8)10-3-4-11(15)12(16)6-10/h3-6H,7H2,1-2H3,(H,17,21)(H,18,19,22). The van der Waals surface area contributed by atoms with Crippen molar-refractivity contribution < 1.29 is 9.59 Å². The average Bonchev–Trinajstić information content (AvgIpc) is 2.80. The molecule has 1 aromatic carbocycles. The van der Waals surface area contributed by atoms with Crippen molar-refractivity contribution in [1.82, 2.24) is 15.1 Å². The summed E-state index contributed by atoms with van der Waals surface area (Å²) in [5.41, 5.74) is 1.54. The number of halogens is 2. The van der Waals surface area contributed by atoms with E-state index in [2.05, 4.69) is 15.7 Å². The number of carbonyl (C=O) groups excluding carboxylic acids is 2. The molecule has 0 saturated heterocycles. The van der Waals surface area contributed by atoms with Gasteiger partial charge >= 0.3 is 0 Å². The van der Waals surface area contributed by atoms with Gasteiger partial charge in [-0.15, -0.1) is 5.10 Å². The average molecular weight is 341 g/mol. The van der Waals surface area contributed by atoms with Crippen LogP contribution >= 0.6 is 23.2 Å². The van der Waals surface area contributed by atoms with Gasteiger partial charge in [-0.05, 0) is 25.1 Å². The van der Waals surface area contributed by atoms with Crippen molar-refractivity contribution in [3.05, 3.63) is 40.0 Å². The van der Waals surface area contributed by atoms with Crippen LogP contribution in [0.2, 0.25) is 10.0 Å². The third-order valence-corrected chi connectivity index (χ3v) is 3.54. The fourth-order valence-electron chi connectivity index (χ4n) is 1.81. The van der Waals surface area contributed by atoms with Crippen molar-refractivity contribution >= 4 is 40.8 Å². The Morgan fingerprint density at radius 3 is 2.59 bits per heavy atom. The van der Waals surface area contributed by atoms with Crippen LogP contribution < -0.4 is 10.6 Å². The molecule has 0 saturated carbocycles. The molecule has 0 bridgehead atoms. The summed E-state index contributed by atoms with van der Waals surface area (Å²) in [6.45, 7) is 3.09. The molecule has 6 nitrogen and oxygen atoms in total. The van der Waals surface area contributed by atoms with Crippen LogP contribution in [0, 0.1) is 6.92 Å². The molecule has 0 radical (unpaired) electrons. The maximum atomic E-state index is 11.7. The molecule has 2 N–H and O–H groups in total. The minimum atomic E-state index is -0.353. The van der Waals surface area contributed by atoms with Crippen molar-refractivity contribution in [3.63, 3.8) is 0 Å². The van der Waals surface area contributed by atoms with Gasteiger partial charge in [0, 0.05) is 18.7 Å². The Hall–Kier alpha value is -2.05. The van der Waals surface area contributed by atoms with Crippen LogP contribution in [-0.2, 0) is 9.59 Å². The summed E-state index contributed by atoms with van der Waals surface area (Å²) in [5.74, 6) is -0.236. The minimum absolute atomic E-state index is 0.103. The van der Waals surface area contributed by atoms with E-state index in [1.807, 2.05) is 6.92 Å². The van der Waals surface area contributed by atoms with E-state index in [4.69, 9.17) is 23.2 Å². The molecule has 0 aliphatic rings. The zero-order valence-corrected chi connectivity index (χ0v) is 13.5. The van der Waals surface area contributed by atoms with E-state index < -0.39 is 0 Å². The van der Waals surface area contributed by atoms with Gasteiger partial charge < -0.3 is 10.6 Å². The zero-order chi connectivity index (χ0) is 16.3. The monoisotopic (exact) mass is 340 g/mol. The molecule has 0 unspecified atom stereocenters. The molecule has 22 heavy (non-hydrogen) atoms. The van der Waals surface area contributed by atoms with Crippen LogP contribution in [0.3, 0.4) is 0 Å². The Kier molecular flexibility index (Phi) is 5.05. The molecule has 1 heterocycles. The third kappa shape index (κ3) is 3.99. The number of amides is 2. The van der Waals surface area contributed by atoms with Crippen molar-refractivity contribution in [3.8, 4) is 5.69 Å². The smallest absolute Gasteiger partial charge is 0.244 e. The van der Waals surface area contributed by atoms with E-state index >= 15 is 0 Å². The maximum absolute atomic E-state index is 11.7. The van der Waals surface area contributed by atoms with Crippen molar-refractivity contribution in [2.45, 2.75) is 13.8 Å². The molecule has 2 amide bonds. The van der Waals surface area contributed by atoms with Gasteiger partial charge in [0.25, 0.3) is 0 Å². The molecular weight excluding hydrogens is 327 g/mol. The number of hydrogen-bond donors (Lipinski definition) is 2. The second kappa shape index (κ2) is 6.81. The molecule has 0 spiro atoms. The zero-order valence-electron chi connectivity index (χ0n) is 12.0. The van der Waals surface area contributed by atoms with Crippen LogP contribution in [0.5, 0.6) is 0 Å². The highest BCUT2D eigenvalue weighted by molar-refractivity contribution is 6.42. The Bertz CT molecular complexity index is 728. The van der Waals surface area contributed by atoms with Crippen molar-refractivity contribution in [2.75, 3.05) is 11.9 Å². The van der Waals surface area contributed by atoms with Gasteiger partial charge in [-0.1, -0.05) is 23.2 Å². The summed E-state index contributed by atoms with van der Waals surface area (Å²) in [5, 5.41) is 10.2. The normalized spacial score (nSPS) is 10.4. The van der Waals surface area contributed by atoms with E-state index in [-0.39, 0.29) is 18.4 Å². The van der Waals surface area contributed by atoms with Gasteiger partial charge in [-0.2, -0.15) is 0 Å². The van der Waals surface area contributed by atoms with Crippen molar-refractivity contribution in [2.24, 2.45) is 0 Å². The van der Waals surface area contributed by atoms with Crippen LogP contribution in [-0.4, -0.2) is 28.1 Å². The number of aromatic nitrogens is 2. The number of nitrogens with one attached hydrogen (secondary N) is 2. The first-order chi connectivity index (χ1) is 10.4. The van der Waals surface area contributed by atoms with Gasteiger partial charge in [-0.3, -0.25) is 9.59 Å². The first-order valence-electron chi connectivity index (χ1n) is 6.43. The summed E-state index contributed by atoms with van der Waals surface area (Å²) in [6.07, 6.45) is 0. The lowest BCUT2D eigenvalue weighted by atomic mass is 10.3. The molecular formula is C14H14Cl2N4O2. The quantitative estimate of drug-likeness (QED) is 0.897. The molecule has 2 rings (SSSR count). The van der Waals surface area contributed by atoms with E-state index in [0.717, 1.165) is 11.4 Å². The fourth-order valence-corrected chi connectivity index (χ4v) is 2.10. The Labute approximate surface area is 137 Å². The van der Waals surface area contributed by atoms with E-state index in [0.29, 0.717) is 15.9 Å². The molecule has 0 atom stereocenters. The topological polar surface area (TPSA) is 76.0 Å². The number of rotatable bonds is 4. The minimum Gasteiger partial charge on any atom is -0.347 e. The summed E-state index contributed by atoms with van der Waals surface area (Å²) < 4.78 is 1.64. The number of carbonyl (C=O) groups is 2. The van der Waals surface area contributed by atoms with Crippen LogP contribution in [0.1, 0.15) is 12.6 Å².